The van der Waals surface area contributed by atoms with Gasteiger partial charge < -0.3 is 10.8 Å². The smallest absolute Gasteiger partial charge is 0.347 e. The second-order valence-electron chi connectivity index (χ2n) is 4.13. The predicted octanol–water partition coefficient (Wildman–Crippen LogP) is 1.50. The third-order valence-electron chi connectivity index (χ3n) is 2.64. The molecule has 0 saturated heterocycles. The molecule has 0 fully saturated rings. The van der Waals surface area contributed by atoms with E-state index in [4.69, 9.17) is 10.8 Å². The number of nitrogens with zero attached hydrogens (tertiary/aromatic N) is 1. The molecule has 4 N–H and O–H groups in total. The van der Waals surface area contributed by atoms with E-state index in [1.54, 1.807) is 6.92 Å². The van der Waals surface area contributed by atoms with Crippen molar-refractivity contribution in [3.8, 4) is 0 Å². The Kier molecular flexibility index (Phi) is 3.99. The highest BCUT2D eigenvalue weighted by Gasteiger charge is 2.16. The number of hydrogen-bond acceptors (Lipinski definition) is 5. The molecule has 0 saturated carbocycles. The summed E-state index contributed by atoms with van der Waals surface area (Å²) in [5.74, 6) is -2.11. The molecule has 0 bridgehead atoms. The first-order valence-electron chi connectivity index (χ1n) is 5.80. The van der Waals surface area contributed by atoms with E-state index in [0.29, 0.717) is 16.8 Å². The number of carbonyl (C=O) groups excluding carboxylic acids is 2. The van der Waals surface area contributed by atoms with Gasteiger partial charge >= 0.3 is 5.97 Å². The van der Waals surface area contributed by atoms with Crippen molar-refractivity contribution in [2.45, 2.75) is 6.92 Å². The van der Waals surface area contributed by atoms with Crippen molar-refractivity contribution in [1.82, 2.24) is 4.98 Å². The molecule has 108 valence electrons. The summed E-state index contributed by atoms with van der Waals surface area (Å²) < 4.78 is 0. The van der Waals surface area contributed by atoms with E-state index < -0.39 is 17.8 Å². The van der Waals surface area contributed by atoms with Crippen molar-refractivity contribution in [1.29, 1.82) is 0 Å². The molecular weight excluding hydrogens is 294 g/mol. The van der Waals surface area contributed by atoms with Crippen molar-refractivity contribution >= 4 is 34.3 Å². The van der Waals surface area contributed by atoms with Gasteiger partial charge in [0.1, 0.15) is 4.88 Å². The first kappa shape index (κ1) is 14.7. The number of anilines is 1. The standard InChI is InChI=1S/C13H11N3O4S/c1-6-9(12(19)20)21-13(15-6)16-11(18)8-4-2-7(3-5-8)10(14)17/h2-5H,1H3,(H2,14,17)(H,19,20)(H,15,16,18). The van der Waals surface area contributed by atoms with Gasteiger partial charge in [-0.25, -0.2) is 9.78 Å². The fraction of sp³-hybridized carbons (Fsp3) is 0.0769. The average molecular weight is 305 g/mol. The van der Waals surface area contributed by atoms with Gasteiger partial charge in [-0.2, -0.15) is 0 Å². The molecule has 0 unspecified atom stereocenters. The van der Waals surface area contributed by atoms with E-state index in [0.717, 1.165) is 11.3 Å². The second kappa shape index (κ2) is 5.71. The number of carboxylic acid groups (broad SMARTS) is 1. The summed E-state index contributed by atoms with van der Waals surface area (Å²) in [7, 11) is 0. The largest absolute Gasteiger partial charge is 0.477 e. The number of thiazole rings is 1. The number of carbonyl (C=O) groups is 3. The van der Waals surface area contributed by atoms with Gasteiger partial charge in [-0.3, -0.25) is 14.9 Å². The Hall–Kier alpha value is -2.74. The number of amides is 2. The van der Waals surface area contributed by atoms with E-state index in [9.17, 15) is 14.4 Å². The Morgan fingerprint density at radius 1 is 1.19 bits per heavy atom. The van der Waals surface area contributed by atoms with Crippen LogP contribution in [0.4, 0.5) is 5.13 Å². The maximum absolute atomic E-state index is 12.0. The summed E-state index contributed by atoms with van der Waals surface area (Å²) in [4.78, 5) is 37.9. The van der Waals surface area contributed by atoms with Crippen molar-refractivity contribution in [3.63, 3.8) is 0 Å². The molecule has 2 rings (SSSR count). The molecule has 0 aliphatic rings. The first-order valence-corrected chi connectivity index (χ1v) is 6.62. The molecule has 1 aromatic heterocycles. The Labute approximate surface area is 123 Å². The number of carboxylic acids is 1. The zero-order valence-electron chi connectivity index (χ0n) is 10.9. The van der Waals surface area contributed by atoms with Crippen LogP contribution in [0.3, 0.4) is 0 Å². The Balaban J connectivity index is 2.16. The average Bonchev–Trinajstić information content (AvgIpc) is 2.79. The highest BCUT2D eigenvalue weighted by Crippen LogP contribution is 2.23. The number of aromatic carboxylic acids is 1. The summed E-state index contributed by atoms with van der Waals surface area (Å²) in [5.41, 5.74) is 6.05. The Morgan fingerprint density at radius 3 is 2.24 bits per heavy atom. The Morgan fingerprint density at radius 2 is 1.76 bits per heavy atom. The summed E-state index contributed by atoms with van der Waals surface area (Å²) in [6.45, 7) is 1.55. The van der Waals surface area contributed by atoms with Crippen LogP contribution in [0.15, 0.2) is 24.3 Å². The lowest BCUT2D eigenvalue weighted by atomic mass is 10.1. The van der Waals surface area contributed by atoms with E-state index in [1.807, 2.05) is 0 Å². The molecule has 0 spiro atoms. The minimum atomic E-state index is -1.09. The number of hydrogen-bond donors (Lipinski definition) is 3. The lowest BCUT2D eigenvalue weighted by Crippen LogP contribution is -2.14. The number of nitrogens with two attached hydrogens (primary N) is 1. The molecule has 0 aliphatic heterocycles. The number of aryl methyl sites for hydroxylation is 1. The van der Waals surface area contributed by atoms with Crippen LogP contribution in [0.2, 0.25) is 0 Å². The van der Waals surface area contributed by atoms with Gasteiger partial charge in [-0.05, 0) is 31.2 Å². The molecule has 21 heavy (non-hydrogen) atoms. The normalized spacial score (nSPS) is 10.1. The fourth-order valence-electron chi connectivity index (χ4n) is 1.60. The van der Waals surface area contributed by atoms with E-state index in [-0.39, 0.29) is 10.0 Å². The maximum atomic E-state index is 12.0. The maximum Gasteiger partial charge on any atom is 0.347 e. The van der Waals surface area contributed by atoms with E-state index >= 15 is 0 Å². The van der Waals surface area contributed by atoms with Gasteiger partial charge in [0.2, 0.25) is 5.91 Å². The van der Waals surface area contributed by atoms with Gasteiger partial charge in [0, 0.05) is 11.1 Å². The third kappa shape index (κ3) is 3.23. The van der Waals surface area contributed by atoms with Crippen LogP contribution in [0, 0.1) is 6.92 Å². The van der Waals surface area contributed by atoms with Gasteiger partial charge in [0.05, 0.1) is 5.69 Å². The summed E-state index contributed by atoms with van der Waals surface area (Å²) in [6, 6.07) is 5.78. The van der Waals surface area contributed by atoms with Gasteiger partial charge in [-0.1, -0.05) is 11.3 Å². The monoisotopic (exact) mass is 305 g/mol. The molecule has 7 nitrogen and oxygen atoms in total. The van der Waals surface area contributed by atoms with Gasteiger partial charge in [0.25, 0.3) is 5.91 Å². The molecular formula is C13H11N3O4S. The molecule has 8 heteroatoms. The predicted molar refractivity (Wildman–Crippen MR) is 76.7 cm³/mol. The molecule has 0 atom stereocenters. The number of benzene rings is 1. The highest BCUT2D eigenvalue weighted by atomic mass is 32.1. The topological polar surface area (TPSA) is 122 Å². The summed E-state index contributed by atoms with van der Waals surface area (Å²) >= 11 is 0.882. The number of aromatic nitrogens is 1. The van der Waals surface area contributed by atoms with Crippen molar-refractivity contribution in [3.05, 3.63) is 46.0 Å². The quantitative estimate of drug-likeness (QED) is 0.790. The SMILES string of the molecule is Cc1nc(NC(=O)c2ccc(C(N)=O)cc2)sc1C(=O)O. The minimum Gasteiger partial charge on any atom is -0.477 e. The molecule has 2 aromatic rings. The fourth-order valence-corrected chi connectivity index (χ4v) is 2.40. The number of primary amides is 1. The van der Waals surface area contributed by atoms with E-state index in [2.05, 4.69) is 10.3 Å². The van der Waals surface area contributed by atoms with Crippen molar-refractivity contribution < 1.29 is 19.5 Å². The van der Waals surface area contributed by atoms with Crippen molar-refractivity contribution in [2.24, 2.45) is 5.73 Å². The van der Waals surface area contributed by atoms with Crippen LogP contribution in [0.5, 0.6) is 0 Å². The summed E-state index contributed by atoms with van der Waals surface area (Å²) in [6.07, 6.45) is 0. The summed E-state index contributed by atoms with van der Waals surface area (Å²) in [5, 5.41) is 11.6. The number of rotatable bonds is 4. The lowest BCUT2D eigenvalue weighted by molar-refractivity contribution is 0.0700. The zero-order chi connectivity index (χ0) is 15.6. The molecule has 0 radical (unpaired) electrons. The third-order valence-corrected chi connectivity index (χ3v) is 3.70. The zero-order valence-corrected chi connectivity index (χ0v) is 11.7. The van der Waals surface area contributed by atoms with Crippen molar-refractivity contribution in [2.75, 3.05) is 5.32 Å². The van der Waals surface area contributed by atoms with Gasteiger partial charge in [0.15, 0.2) is 5.13 Å². The lowest BCUT2D eigenvalue weighted by Gasteiger charge is -2.02. The van der Waals surface area contributed by atoms with Crippen LogP contribution in [0.1, 0.15) is 36.1 Å². The van der Waals surface area contributed by atoms with Crippen LogP contribution in [-0.4, -0.2) is 27.9 Å². The van der Waals surface area contributed by atoms with Gasteiger partial charge in [-0.15, -0.1) is 0 Å². The van der Waals surface area contributed by atoms with E-state index in [1.165, 1.54) is 24.3 Å². The van der Waals surface area contributed by atoms with Crippen LogP contribution in [0.25, 0.3) is 0 Å². The molecule has 0 aliphatic carbocycles. The number of nitrogens with one attached hydrogen (secondary N) is 1. The van der Waals surface area contributed by atoms with Crippen LogP contribution >= 0.6 is 11.3 Å². The van der Waals surface area contributed by atoms with Crippen LogP contribution < -0.4 is 11.1 Å². The molecule has 2 amide bonds. The highest BCUT2D eigenvalue weighted by molar-refractivity contribution is 7.17. The minimum absolute atomic E-state index is 0.0781. The Bertz CT molecular complexity index is 722. The molecule has 1 heterocycles. The van der Waals surface area contributed by atoms with Crippen LogP contribution in [-0.2, 0) is 0 Å². The second-order valence-corrected chi connectivity index (χ2v) is 5.13. The molecule has 1 aromatic carbocycles. The first-order chi connectivity index (χ1) is 9.88.